The summed E-state index contributed by atoms with van der Waals surface area (Å²) in [6.45, 7) is 0. The van der Waals surface area contributed by atoms with Crippen molar-refractivity contribution in [2.24, 2.45) is 0 Å². The van der Waals surface area contributed by atoms with E-state index in [2.05, 4.69) is 18.2 Å². The lowest BCUT2D eigenvalue weighted by atomic mass is 10.00. The van der Waals surface area contributed by atoms with Crippen LogP contribution in [0.4, 0.5) is 0 Å². The van der Waals surface area contributed by atoms with Crippen molar-refractivity contribution in [1.29, 1.82) is 15.8 Å². The number of nitrogens with zero attached hydrogens (tertiary/aromatic N) is 3. The van der Waals surface area contributed by atoms with Gasteiger partial charge in [0.05, 0.1) is 5.56 Å². The Balaban J connectivity index is 2.18. The maximum atomic E-state index is 9.58. The van der Waals surface area contributed by atoms with E-state index in [9.17, 15) is 5.26 Å². The summed E-state index contributed by atoms with van der Waals surface area (Å²) in [6, 6.07) is 19.4. The van der Waals surface area contributed by atoms with Gasteiger partial charge in [-0.3, -0.25) is 0 Å². The molecule has 22 heavy (non-hydrogen) atoms. The zero-order valence-electron chi connectivity index (χ0n) is 11.2. The van der Waals surface area contributed by atoms with Crippen molar-refractivity contribution in [1.82, 2.24) is 0 Å². The second-order valence-corrected chi connectivity index (χ2v) is 6.56. The molecule has 3 rings (SSSR count). The van der Waals surface area contributed by atoms with Gasteiger partial charge in [0.1, 0.15) is 28.0 Å². The third kappa shape index (κ3) is 2.38. The summed E-state index contributed by atoms with van der Waals surface area (Å²) in [5.41, 5.74) is 2.21. The van der Waals surface area contributed by atoms with E-state index in [0.717, 1.165) is 20.9 Å². The Morgan fingerprint density at radius 3 is 1.50 bits per heavy atom. The summed E-state index contributed by atoms with van der Waals surface area (Å²) in [7, 11) is 0. The fourth-order valence-electron chi connectivity index (χ4n) is 2.17. The van der Waals surface area contributed by atoms with E-state index in [1.165, 1.54) is 22.7 Å². The monoisotopic (exact) mass is 317 g/mol. The Bertz CT molecular complexity index is 904. The molecule has 0 spiro atoms. The molecule has 0 saturated carbocycles. The van der Waals surface area contributed by atoms with Gasteiger partial charge in [-0.15, -0.1) is 22.7 Å². The number of hydrogen-bond acceptors (Lipinski definition) is 5. The van der Waals surface area contributed by atoms with Crippen molar-refractivity contribution in [2.75, 3.05) is 0 Å². The highest BCUT2D eigenvalue weighted by molar-refractivity contribution is 7.16. The van der Waals surface area contributed by atoms with Gasteiger partial charge in [-0.05, 0) is 24.3 Å². The van der Waals surface area contributed by atoms with Crippen molar-refractivity contribution >= 4 is 22.7 Å². The first-order valence-electron chi connectivity index (χ1n) is 6.30. The molecule has 0 atom stereocenters. The highest BCUT2D eigenvalue weighted by Crippen LogP contribution is 2.37. The molecule has 0 N–H and O–H groups in total. The zero-order chi connectivity index (χ0) is 15.5. The summed E-state index contributed by atoms with van der Waals surface area (Å²) in [4.78, 5) is 3.03. The van der Waals surface area contributed by atoms with Gasteiger partial charge in [-0.25, -0.2) is 0 Å². The van der Waals surface area contributed by atoms with E-state index in [1.807, 2.05) is 30.3 Å². The molecule has 102 valence electrons. The van der Waals surface area contributed by atoms with Gasteiger partial charge in [0.15, 0.2) is 0 Å². The Labute approximate surface area is 135 Å². The summed E-state index contributed by atoms with van der Waals surface area (Å²) < 4.78 is 0. The average molecular weight is 317 g/mol. The van der Waals surface area contributed by atoms with Crippen LogP contribution in [0.25, 0.3) is 20.9 Å². The van der Waals surface area contributed by atoms with Gasteiger partial charge in [0.2, 0.25) is 0 Å². The van der Waals surface area contributed by atoms with Crippen LogP contribution in [-0.4, -0.2) is 0 Å². The Morgan fingerprint density at radius 1 is 0.636 bits per heavy atom. The van der Waals surface area contributed by atoms with E-state index in [-0.39, 0.29) is 0 Å². The first-order valence-corrected chi connectivity index (χ1v) is 7.94. The summed E-state index contributed by atoms with van der Waals surface area (Å²) >= 11 is 2.74. The molecular weight excluding hydrogens is 310 g/mol. The summed E-state index contributed by atoms with van der Waals surface area (Å²) in [6.07, 6.45) is 0. The van der Waals surface area contributed by atoms with Gasteiger partial charge < -0.3 is 0 Å². The molecule has 0 unspecified atom stereocenters. The molecule has 0 radical (unpaired) electrons. The first kappa shape index (κ1) is 14.0. The van der Waals surface area contributed by atoms with Gasteiger partial charge in [0, 0.05) is 20.9 Å². The molecule has 5 heteroatoms. The second-order valence-electron chi connectivity index (χ2n) is 4.39. The third-order valence-corrected chi connectivity index (χ3v) is 5.19. The molecular formula is C17H7N3S2. The Hall–Kier alpha value is -2.91. The standard InChI is InChI=1S/C17H7N3S2/c18-8-11-4-6-16(21-11)13-2-1-3-14(15(13)10-20)17-7-5-12(9-19)22-17/h1-7H. The molecule has 3 aromatic rings. The van der Waals surface area contributed by atoms with Gasteiger partial charge in [-0.2, -0.15) is 15.8 Å². The van der Waals surface area contributed by atoms with Crippen molar-refractivity contribution in [2.45, 2.75) is 0 Å². The number of rotatable bonds is 2. The summed E-state index contributed by atoms with van der Waals surface area (Å²) in [5, 5.41) is 27.5. The minimum atomic E-state index is 0.570. The first-order chi connectivity index (χ1) is 10.8. The van der Waals surface area contributed by atoms with Crippen LogP contribution in [0.5, 0.6) is 0 Å². The lowest BCUT2D eigenvalue weighted by molar-refractivity contribution is 1.49. The number of thiophene rings is 2. The SMILES string of the molecule is N#Cc1ccc(-c2cccc(-c3ccc(C#N)s3)c2C#N)s1. The third-order valence-electron chi connectivity index (χ3n) is 3.14. The topological polar surface area (TPSA) is 71.4 Å². The van der Waals surface area contributed by atoms with Gasteiger partial charge in [-0.1, -0.05) is 18.2 Å². The molecule has 0 aliphatic carbocycles. The lowest BCUT2D eigenvalue weighted by Gasteiger charge is -2.06. The maximum absolute atomic E-state index is 9.58. The molecule has 0 amide bonds. The maximum Gasteiger partial charge on any atom is 0.110 e. The van der Waals surface area contributed by atoms with E-state index in [1.54, 1.807) is 12.1 Å². The van der Waals surface area contributed by atoms with Crippen LogP contribution in [0.2, 0.25) is 0 Å². The van der Waals surface area contributed by atoms with E-state index >= 15 is 0 Å². The van der Waals surface area contributed by atoms with Crippen molar-refractivity contribution in [3.63, 3.8) is 0 Å². The van der Waals surface area contributed by atoms with E-state index in [0.29, 0.717) is 15.3 Å². The molecule has 2 heterocycles. The normalized spacial score (nSPS) is 9.68. The fraction of sp³-hybridized carbons (Fsp3) is 0. The molecule has 0 saturated heterocycles. The van der Waals surface area contributed by atoms with Crippen LogP contribution in [0.3, 0.4) is 0 Å². The number of benzene rings is 1. The molecule has 0 fully saturated rings. The van der Waals surface area contributed by atoms with Crippen LogP contribution in [0.1, 0.15) is 15.3 Å². The average Bonchev–Trinajstić information content (AvgIpc) is 3.22. The smallest absolute Gasteiger partial charge is 0.110 e. The summed E-state index contributed by atoms with van der Waals surface area (Å²) in [5.74, 6) is 0. The van der Waals surface area contributed by atoms with Crippen LogP contribution < -0.4 is 0 Å². The van der Waals surface area contributed by atoms with Crippen LogP contribution >= 0.6 is 22.7 Å². The molecule has 2 aromatic heterocycles. The zero-order valence-corrected chi connectivity index (χ0v) is 12.8. The molecule has 3 nitrogen and oxygen atoms in total. The van der Waals surface area contributed by atoms with Gasteiger partial charge in [0.25, 0.3) is 0 Å². The minimum Gasteiger partial charge on any atom is -0.192 e. The molecule has 0 aliphatic rings. The lowest BCUT2D eigenvalue weighted by Crippen LogP contribution is -1.86. The predicted octanol–water partition coefficient (Wildman–Crippen LogP) is 4.76. The largest absolute Gasteiger partial charge is 0.192 e. The van der Waals surface area contributed by atoms with Crippen molar-refractivity contribution in [3.8, 4) is 39.1 Å². The molecule has 1 aromatic carbocycles. The van der Waals surface area contributed by atoms with E-state index in [4.69, 9.17) is 10.5 Å². The number of nitriles is 3. The minimum absolute atomic E-state index is 0.570. The second kappa shape index (κ2) is 5.84. The molecule has 0 bridgehead atoms. The predicted molar refractivity (Wildman–Crippen MR) is 87.2 cm³/mol. The van der Waals surface area contributed by atoms with Crippen molar-refractivity contribution < 1.29 is 0 Å². The highest BCUT2D eigenvalue weighted by atomic mass is 32.1. The highest BCUT2D eigenvalue weighted by Gasteiger charge is 2.14. The van der Waals surface area contributed by atoms with Crippen LogP contribution in [0, 0.1) is 34.0 Å². The molecule has 0 aliphatic heterocycles. The van der Waals surface area contributed by atoms with E-state index < -0.39 is 0 Å². The van der Waals surface area contributed by atoms with Crippen LogP contribution in [-0.2, 0) is 0 Å². The Kier molecular flexibility index (Phi) is 3.73. The Morgan fingerprint density at radius 2 is 1.14 bits per heavy atom. The fourth-order valence-corrected chi connectivity index (χ4v) is 3.84. The van der Waals surface area contributed by atoms with Gasteiger partial charge >= 0.3 is 0 Å². The van der Waals surface area contributed by atoms with Crippen LogP contribution in [0.15, 0.2) is 42.5 Å². The quantitative estimate of drug-likeness (QED) is 0.684. The number of hydrogen-bond donors (Lipinski definition) is 0. The van der Waals surface area contributed by atoms with Crippen molar-refractivity contribution in [3.05, 3.63) is 57.8 Å².